The van der Waals surface area contributed by atoms with Crippen LogP contribution in [-0.4, -0.2) is 25.6 Å². The standard InChI is InChI=1S/C17H14Cl2N2O4S2/c1-2-25-14(22)10-21-15-12(18)8-9-13(19)16(15)26-17(21)20-27(23,24)11-6-4-3-5-7-11/h3-9H,2,10H2,1H3/b20-17-. The maximum absolute atomic E-state index is 12.7. The molecule has 0 aliphatic rings. The van der Waals surface area contributed by atoms with Gasteiger partial charge in [0.05, 0.1) is 31.8 Å². The molecule has 0 saturated carbocycles. The minimum Gasteiger partial charge on any atom is -0.465 e. The van der Waals surface area contributed by atoms with Crippen LogP contribution in [-0.2, 0) is 26.1 Å². The van der Waals surface area contributed by atoms with E-state index in [1.807, 2.05) is 0 Å². The number of esters is 1. The molecule has 0 fully saturated rings. The molecule has 2 aromatic carbocycles. The molecule has 0 N–H and O–H groups in total. The zero-order valence-corrected chi connectivity index (χ0v) is 17.2. The zero-order valence-electron chi connectivity index (χ0n) is 14.1. The number of benzene rings is 2. The fourth-order valence-electron chi connectivity index (χ4n) is 2.41. The van der Waals surface area contributed by atoms with Crippen molar-refractivity contribution >= 4 is 60.7 Å². The molecule has 3 aromatic rings. The predicted octanol–water partition coefficient (Wildman–Crippen LogP) is 3.86. The number of rotatable bonds is 5. The van der Waals surface area contributed by atoms with Crippen molar-refractivity contribution in [1.29, 1.82) is 0 Å². The molecule has 0 spiro atoms. The predicted molar refractivity (Wildman–Crippen MR) is 106 cm³/mol. The van der Waals surface area contributed by atoms with Crippen LogP contribution < -0.4 is 4.80 Å². The lowest BCUT2D eigenvalue weighted by Gasteiger charge is -2.06. The summed E-state index contributed by atoms with van der Waals surface area (Å²) in [6.45, 7) is 1.64. The summed E-state index contributed by atoms with van der Waals surface area (Å²) >= 11 is 13.6. The maximum atomic E-state index is 12.7. The summed E-state index contributed by atoms with van der Waals surface area (Å²) in [4.78, 5) is 12.2. The van der Waals surface area contributed by atoms with Crippen LogP contribution in [0.4, 0.5) is 0 Å². The number of aromatic nitrogens is 1. The smallest absolute Gasteiger partial charge is 0.326 e. The minimum absolute atomic E-state index is 0.0438. The van der Waals surface area contributed by atoms with Gasteiger partial charge in [0.25, 0.3) is 10.0 Å². The monoisotopic (exact) mass is 444 g/mol. The highest BCUT2D eigenvalue weighted by molar-refractivity contribution is 7.90. The second-order valence-electron chi connectivity index (χ2n) is 5.36. The van der Waals surface area contributed by atoms with Gasteiger partial charge in [-0.2, -0.15) is 8.42 Å². The van der Waals surface area contributed by atoms with Gasteiger partial charge in [-0.1, -0.05) is 52.7 Å². The van der Waals surface area contributed by atoms with E-state index in [4.69, 9.17) is 27.9 Å². The first-order valence-corrected chi connectivity index (χ1v) is 10.8. The van der Waals surface area contributed by atoms with Crippen molar-refractivity contribution in [2.45, 2.75) is 18.4 Å². The molecule has 0 bridgehead atoms. The van der Waals surface area contributed by atoms with Crippen LogP contribution in [0.15, 0.2) is 51.8 Å². The van der Waals surface area contributed by atoms with Crippen molar-refractivity contribution in [3.8, 4) is 0 Å². The molecule has 0 amide bonds. The highest BCUT2D eigenvalue weighted by atomic mass is 35.5. The van der Waals surface area contributed by atoms with E-state index in [1.54, 1.807) is 37.3 Å². The van der Waals surface area contributed by atoms with Gasteiger partial charge in [0, 0.05) is 0 Å². The Morgan fingerprint density at radius 1 is 1.15 bits per heavy atom. The van der Waals surface area contributed by atoms with Crippen LogP contribution in [0.5, 0.6) is 0 Å². The molecule has 10 heteroatoms. The fourth-order valence-corrected chi connectivity index (χ4v) is 5.28. The van der Waals surface area contributed by atoms with E-state index in [0.717, 1.165) is 11.3 Å². The number of hydrogen-bond donors (Lipinski definition) is 0. The lowest BCUT2D eigenvalue weighted by atomic mass is 10.3. The molecule has 0 atom stereocenters. The first-order valence-electron chi connectivity index (χ1n) is 7.82. The van der Waals surface area contributed by atoms with Crippen LogP contribution in [0, 0.1) is 0 Å². The first kappa shape index (κ1) is 19.9. The molecule has 27 heavy (non-hydrogen) atoms. The molecule has 0 radical (unpaired) electrons. The van der Waals surface area contributed by atoms with E-state index < -0.39 is 16.0 Å². The summed E-state index contributed by atoms with van der Waals surface area (Å²) in [6.07, 6.45) is 0. The third-order valence-corrected chi connectivity index (χ3v) is 6.80. The largest absolute Gasteiger partial charge is 0.465 e. The molecular weight excluding hydrogens is 431 g/mol. The van der Waals surface area contributed by atoms with E-state index in [0.29, 0.717) is 20.3 Å². The number of thiazole rings is 1. The number of carbonyl (C=O) groups is 1. The van der Waals surface area contributed by atoms with Gasteiger partial charge in [-0.25, -0.2) is 0 Å². The molecule has 0 aliphatic carbocycles. The van der Waals surface area contributed by atoms with E-state index in [2.05, 4.69) is 4.40 Å². The molecule has 1 heterocycles. The Kier molecular flexibility index (Phi) is 5.90. The van der Waals surface area contributed by atoms with Crippen molar-refractivity contribution in [2.75, 3.05) is 6.61 Å². The second kappa shape index (κ2) is 8.02. The topological polar surface area (TPSA) is 77.7 Å². The van der Waals surface area contributed by atoms with E-state index in [-0.39, 0.29) is 22.8 Å². The summed E-state index contributed by atoms with van der Waals surface area (Å²) in [7, 11) is -3.98. The Bertz CT molecular complexity index is 1170. The summed E-state index contributed by atoms with van der Waals surface area (Å²) in [6, 6.07) is 11.0. The number of ether oxygens (including phenoxy) is 1. The zero-order chi connectivity index (χ0) is 19.6. The summed E-state index contributed by atoms with van der Waals surface area (Å²) in [5.41, 5.74) is 0.434. The molecule has 3 rings (SSSR count). The lowest BCUT2D eigenvalue weighted by molar-refractivity contribution is -0.143. The number of hydrogen-bond acceptors (Lipinski definition) is 5. The summed E-state index contributed by atoms with van der Waals surface area (Å²) in [5, 5.41) is 0.712. The lowest BCUT2D eigenvalue weighted by Crippen LogP contribution is -2.23. The average Bonchev–Trinajstić information content (AvgIpc) is 2.98. The average molecular weight is 445 g/mol. The second-order valence-corrected chi connectivity index (χ2v) is 8.76. The Labute approximate surface area is 169 Å². The van der Waals surface area contributed by atoms with Gasteiger partial charge in [0.1, 0.15) is 6.54 Å². The minimum atomic E-state index is -3.98. The van der Waals surface area contributed by atoms with E-state index in [9.17, 15) is 13.2 Å². The first-order chi connectivity index (χ1) is 12.8. The number of halogens is 2. The van der Waals surface area contributed by atoms with Crippen molar-refractivity contribution in [1.82, 2.24) is 4.57 Å². The van der Waals surface area contributed by atoms with Gasteiger partial charge in [0.2, 0.25) is 4.80 Å². The molecule has 0 saturated heterocycles. The molecule has 1 aromatic heterocycles. The number of fused-ring (bicyclic) bond motifs is 1. The van der Waals surface area contributed by atoms with Crippen molar-refractivity contribution in [3.63, 3.8) is 0 Å². The maximum Gasteiger partial charge on any atom is 0.326 e. The van der Waals surface area contributed by atoms with Gasteiger partial charge in [-0.3, -0.25) is 4.79 Å². The summed E-state index contributed by atoms with van der Waals surface area (Å²) in [5.74, 6) is -0.535. The van der Waals surface area contributed by atoms with Crippen LogP contribution in [0.3, 0.4) is 0 Å². The molecule has 142 valence electrons. The van der Waals surface area contributed by atoms with Crippen LogP contribution >= 0.6 is 34.5 Å². The highest BCUT2D eigenvalue weighted by Crippen LogP contribution is 2.32. The molecule has 0 aliphatic heterocycles. The van der Waals surface area contributed by atoms with Crippen LogP contribution in [0.25, 0.3) is 10.2 Å². The van der Waals surface area contributed by atoms with Gasteiger partial charge < -0.3 is 9.30 Å². The van der Waals surface area contributed by atoms with Gasteiger partial charge >= 0.3 is 5.97 Å². The van der Waals surface area contributed by atoms with E-state index in [1.165, 1.54) is 16.7 Å². The molecule has 6 nitrogen and oxygen atoms in total. The van der Waals surface area contributed by atoms with Crippen LogP contribution in [0.1, 0.15) is 6.92 Å². The van der Waals surface area contributed by atoms with Crippen LogP contribution in [0.2, 0.25) is 10.0 Å². The van der Waals surface area contributed by atoms with Gasteiger partial charge in [0.15, 0.2) is 0 Å². The SMILES string of the molecule is CCOC(=O)Cn1/c(=N/S(=O)(=O)c2ccccc2)sc2c(Cl)ccc(Cl)c21. The Hall–Kier alpha value is -1.87. The number of sulfonamides is 1. The van der Waals surface area contributed by atoms with Crippen molar-refractivity contribution in [2.24, 2.45) is 4.40 Å². The third-order valence-electron chi connectivity index (χ3n) is 3.56. The third kappa shape index (κ3) is 4.19. The Balaban J connectivity index is 2.27. The fraction of sp³-hybridized carbons (Fsp3) is 0.176. The Morgan fingerprint density at radius 3 is 2.48 bits per heavy atom. The molecular formula is C17H14Cl2N2O4S2. The molecule has 0 unspecified atom stereocenters. The number of carbonyl (C=O) groups excluding carboxylic acids is 1. The van der Waals surface area contributed by atoms with Gasteiger partial charge in [-0.05, 0) is 31.2 Å². The Morgan fingerprint density at radius 2 is 1.81 bits per heavy atom. The van der Waals surface area contributed by atoms with E-state index >= 15 is 0 Å². The van der Waals surface area contributed by atoms with Crippen molar-refractivity contribution in [3.05, 3.63) is 57.3 Å². The number of nitrogens with zero attached hydrogens (tertiary/aromatic N) is 2. The normalized spacial score (nSPS) is 12.5. The highest BCUT2D eigenvalue weighted by Gasteiger charge is 2.19. The van der Waals surface area contributed by atoms with Crippen molar-refractivity contribution < 1.29 is 17.9 Å². The van der Waals surface area contributed by atoms with Gasteiger partial charge in [-0.15, -0.1) is 4.40 Å². The summed E-state index contributed by atoms with van der Waals surface area (Å²) < 4.78 is 36.2. The quantitative estimate of drug-likeness (QED) is 0.559.